The van der Waals surface area contributed by atoms with Crippen LogP contribution in [0.2, 0.25) is 0 Å². The molecule has 6 nitrogen and oxygen atoms in total. The van der Waals surface area contributed by atoms with Crippen molar-refractivity contribution in [2.24, 2.45) is 0 Å². The highest BCUT2D eigenvalue weighted by Gasteiger charge is 2.52. The molecule has 1 aliphatic heterocycles. The highest BCUT2D eigenvalue weighted by Crippen LogP contribution is 2.36. The van der Waals surface area contributed by atoms with E-state index < -0.39 is 7.12 Å². The molecule has 0 radical (unpaired) electrons. The molecule has 0 spiro atoms. The van der Waals surface area contributed by atoms with Gasteiger partial charge in [0.1, 0.15) is 0 Å². The van der Waals surface area contributed by atoms with Gasteiger partial charge in [0.05, 0.1) is 29.2 Å². The van der Waals surface area contributed by atoms with Gasteiger partial charge in [-0.25, -0.2) is 9.67 Å². The molecule has 0 amide bonds. The maximum atomic E-state index is 5.95. The maximum absolute atomic E-state index is 5.95. The van der Waals surface area contributed by atoms with Crippen LogP contribution in [-0.4, -0.2) is 38.1 Å². The smallest absolute Gasteiger partial charge is 0.398 e. The molecule has 0 aliphatic carbocycles. The van der Waals surface area contributed by atoms with E-state index in [2.05, 4.69) is 15.1 Å². The number of aryl methyl sites for hydroxylation is 1. The SMILES string of the molecule is Cc1cnn(-c2cnc(B3OC(C)(C)C(C)(C)O3)cn2)c1. The zero-order valence-corrected chi connectivity index (χ0v) is 13.0. The molecular weight excluding hydrogens is 267 g/mol. The van der Waals surface area contributed by atoms with Crippen LogP contribution in [0.15, 0.2) is 24.8 Å². The lowest BCUT2D eigenvalue weighted by atomic mass is 9.85. The summed E-state index contributed by atoms with van der Waals surface area (Å²) >= 11 is 0. The minimum absolute atomic E-state index is 0.378. The summed E-state index contributed by atoms with van der Waals surface area (Å²) in [6.07, 6.45) is 7.03. The molecule has 1 saturated heterocycles. The zero-order chi connectivity index (χ0) is 15.3. The normalized spacial score (nSPS) is 20.0. The van der Waals surface area contributed by atoms with E-state index in [9.17, 15) is 0 Å². The number of aromatic nitrogens is 4. The Bertz CT molecular complexity index is 635. The van der Waals surface area contributed by atoms with Crippen LogP contribution in [0.4, 0.5) is 0 Å². The Morgan fingerprint density at radius 2 is 1.67 bits per heavy atom. The van der Waals surface area contributed by atoms with Crippen molar-refractivity contribution >= 4 is 12.7 Å². The molecule has 2 aromatic rings. The topological polar surface area (TPSA) is 62.1 Å². The molecule has 3 rings (SSSR count). The van der Waals surface area contributed by atoms with Crippen molar-refractivity contribution in [1.29, 1.82) is 0 Å². The fourth-order valence-corrected chi connectivity index (χ4v) is 2.07. The second kappa shape index (κ2) is 4.64. The summed E-state index contributed by atoms with van der Waals surface area (Å²) in [7, 11) is -0.490. The molecule has 1 aliphatic rings. The van der Waals surface area contributed by atoms with Crippen LogP contribution >= 0.6 is 0 Å². The lowest BCUT2D eigenvalue weighted by molar-refractivity contribution is 0.00578. The molecule has 110 valence electrons. The van der Waals surface area contributed by atoms with Crippen LogP contribution in [0.25, 0.3) is 5.82 Å². The largest absolute Gasteiger partial charge is 0.516 e. The number of nitrogens with zero attached hydrogens (tertiary/aromatic N) is 4. The van der Waals surface area contributed by atoms with Crippen molar-refractivity contribution in [2.75, 3.05) is 0 Å². The second-order valence-electron chi connectivity index (χ2n) is 6.35. The lowest BCUT2D eigenvalue weighted by Gasteiger charge is -2.32. The molecule has 0 atom stereocenters. The summed E-state index contributed by atoms with van der Waals surface area (Å²) in [5.41, 5.74) is 0.988. The average Bonchev–Trinajstić information content (AvgIpc) is 2.92. The van der Waals surface area contributed by atoms with Crippen LogP contribution in [0.3, 0.4) is 0 Å². The molecule has 0 N–H and O–H groups in total. The molecule has 0 aromatic carbocycles. The van der Waals surface area contributed by atoms with Crippen LogP contribution < -0.4 is 5.59 Å². The van der Waals surface area contributed by atoms with Gasteiger partial charge in [0.2, 0.25) is 0 Å². The van der Waals surface area contributed by atoms with E-state index in [1.54, 1.807) is 23.3 Å². The summed E-state index contributed by atoms with van der Waals surface area (Å²) in [6.45, 7) is 10.0. The fraction of sp³-hybridized carbons (Fsp3) is 0.500. The van der Waals surface area contributed by atoms with Gasteiger partial charge in [-0.15, -0.1) is 0 Å². The predicted molar refractivity (Wildman–Crippen MR) is 79.6 cm³/mol. The molecule has 21 heavy (non-hydrogen) atoms. The van der Waals surface area contributed by atoms with Crippen LogP contribution in [0.5, 0.6) is 0 Å². The average molecular weight is 286 g/mol. The number of hydrogen-bond acceptors (Lipinski definition) is 5. The van der Waals surface area contributed by atoms with Gasteiger partial charge in [-0.3, -0.25) is 4.98 Å². The standard InChI is InChI=1S/C14H19BN4O2/c1-10-6-18-19(9-10)12-8-16-11(7-17-12)15-20-13(2,3)14(4,5)21-15/h6-9H,1-5H3. The van der Waals surface area contributed by atoms with Gasteiger partial charge in [-0.2, -0.15) is 5.10 Å². The van der Waals surface area contributed by atoms with Gasteiger partial charge in [0.15, 0.2) is 5.82 Å². The Balaban J connectivity index is 1.83. The summed E-state index contributed by atoms with van der Waals surface area (Å²) in [4.78, 5) is 8.78. The van der Waals surface area contributed by atoms with E-state index in [0.29, 0.717) is 11.4 Å². The highest BCUT2D eigenvalue weighted by atomic mass is 16.7. The van der Waals surface area contributed by atoms with Gasteiger partial charge < -0.3 is 9.31 Å². The molecule has 0 bridgehead atoms. The van der Waals surface area contributed by atoms with Crippen molar-refractivity contribution < 1.29 is 9.31 Å². The third kappa shape index (κ3) is 2.47. The maximum Gasteiger partial charge on any atom is 0.516 e. The van der Waals surface area contributed by atoms with Crippen LogP contribution in [0, 0.1) is 6.92 Å². The van der Waals surface area contributed by atoms with E-state index in [1.807, 2.05) is 40.8 Å². The molecular formula is C14H19BN4O2. The van der Waals surface area contributed by atoms with Crippen LogP contribution in [-0.2, 0) is 9.31 Å². The third-order valence-corrected chi connectivity index (χ3v) is 4.10. The minimum atomic E-state index is -0.490. The predicted octanol–water partition coefficient (Wildman–Crippen LogP) is 1.27. The van der Waals surface area contributed by atoms with Gasteiger partial charge >= 0.3 is 7.12 Å². The zero-order valence-electron chi connectivity index (χ0n) is 13.0. The molecule has 1 fully saturated rings. The summed E-state index contributed by atoms with van der Waals surface area (Å²) in [5.74, 6) is 0.670. The van der Waals surface area contributed by atoms with E-state index >= 15 is 0 Å². The highest BCUT2D eigenvalue weighted by molar-refractivity contribution is 6.61. The first-order valence-electron chi connectivity index (χ1n) is 6.98. The fourth-order valence-electron chi connectivity index (χ4n) is 2.07. The van der Waals surface area contributed by atoms with Crippen molar-refractivity contribution in [2.45, 2.75) is 45.8 Å². The van der Waals surface area contributed by atoms with E-state index in [-0.39, 0.29) is 11.2 Å². The first-order chi connectivity index (χ1) is 9.78. The van der Waals surface area contributed by atoms with Crippen LogP contribution in [0.1, 0.15) is 33.3 Å². The lowest BCUT2D eigenvalue weighted by Crippen LogP contribution is -2.41. The van der Waals surface area contributed by atoms with Crippen molar-refractivity contribution in [1.82, 2.24) is 19.7 Å². The number of rotatable bonds is 2. The Kier molecular flexibility index (Phi) is 3.14. The summed E-state index contributed by atoms with van der Waals surface area (Å²) < 4.78 is 13.6. The molecule has 2 aromatic heterocycles. The van der Waals surface area contributed by atoms with Gasteiger partial charge in [-0.1, -0.05) is 0 Å². The minimum Gasteiger partial charge on any atom is -0.398 e. The molecule has 0 unspecified atom stereocenters. The van der Waals surface area contributed by atoms with E-state index in [1.165, 1.54) is 0 Å². The Morgan fingerprint density at radius 1 is 1.00 bits per heavy atom. The third-order valence-electron chi connectivity index (χ3n) is 4.10. The quantitative estimate of drug-likeness (QED) is 0.778. The first kappa shape index (κ1) is 14.2. The molecule has 0 saturated carbocycles. The van der Waals surface area contributed by atoms with E-state index in [4.69, 9.17) is 9.31 Å². The van der Waals surface area contributed by atoms with Crippen molar-refractivity contribution in [3.05, 3.63) is 30.4 Å². The first-order valence-corrected chi connectivity index (χ1v) is 6.98. The summed E-state index contributed by atoms with van der Waals surface area (Å²) in [6, 6.07) is 0. The van der Waals surface area contributed by atoms with Crippen molar-refractivity contribution in [3.8, 4) is 5.82 Å². The molecule has 3 heterocycles. The Hall–Kier alpha value is -1.73. The Labute approximate surface area is 124 Å². The Morgan fingerprint density at radius 3 is 2.14 bits per heavy atom. The monoisotopic (exact) mass is 286 g/mol. The second-order valence-corrected chi connectivity index (χ2v) is 6.35. The van der Waals surface area contributed by atoms with E-state index in [0.717, 1.165) is 5.56 Å². The van der Waals surface area contributed by atoms with Gasteiger partial charge in [0, 0.05) is 12.4 Å². The van der Waals surface area contributed by atoms with Gasteiger partial charge in [-0.05, 0) is 40.2 Å². The molecule has 7 heteroatoms. The van der Waals surface area contributed by atoms with Gasteiger partial charge in [0.25, 0.3) is 0 Å². The van der Waals surface area contributed by atoms with Crippen molar-refractivity contribution in [3.63, 3.8) is 0 Å². The number of hydrogen-bond donors (Lipinski definition) is 0. The summed E-state index contributed by atoms with van der Waals surface area (Å²) in [5, 5.41) is 4.21.